The van der Waals surface area contributed by atoms with Crippen LogP contribution >= 0.6 is 0 Å². The zero-order chi connectivity index (χ0) is 14.1. The second-order valence-corrected chi connectivity index (χ2v) is 3.44. The molecule has 0 bridgehead atoms. The first-order chi connectivity index (χ1) is 8.32. The standard InChI is InChI=1S/C9H15N3O6/c10-6(13)3-4-11-9(18)12-5(8(16)17)1-2-7(14)15/h5H,1-4H2,(H2,10,13)(H,14,15)(H,16,17)(H2,11,12,18)/t5-/m0/s1. The number of hydrogen-bond acceptors (Lipinski definition) is 4. The molecule has 0 aliphatic rings. The summed E-state index contributed by atoms with van der Waals surface area (Å²) >= 11 is 0. The van der Waals surface area contributed by atoms with Crippen molar-refractivity contribution < 1.29 is 29.4 Å². The third-order valence-electron chi connectivity index (χ3n) is 1.91. The Bertz CT molecular complexity index is 343. The average molecular weight is 261 g/mol. The lowest BCUT2D eigenvalue weighted by molar-refractivity contribution is -0.140. The summed E-state index contributed by atoms with van der Waals surface area (Å²) in [5.74, 6) is -3.09. The van der Waals surface area contributed by atoms with E-state index >= 15 is 0 Å². The van der Waals surface area contributed by atoms with Crippen LogP contribution in [0.15, 0.2) is 0 Å². The van der Waals surface area contributed by atoms with Crippen LogP contribution in [0.3, 0.4) is 0 Å². The van der Waals surface area contributed by atoms with E-state index in [9.17, 15) is 19.2 Å². The maximum atomic E-state index is 11.2. The molecule has 0 aromatic rings. The topological polar surface area (TPSA) is 159 Å². The molecule has 102 valence electrons. The summed E-state index contributed by atoms with van der Waals surface area (Å²) in [5.41, 5.74) is 4.84. The molecule has 0 heterocycles. The highest BCUT2D eigenvalue weighted by molar-refractivity contribution is 5.83. The van der Waals surface area contributed by atoms with Gasteiger partial charge in [-0.15, -0.1) is 0 Å². The molecule has 0 saturated carbocycles. The van der Waals surface area contributed by atoms with Crippen molar-refractivity contribution in [1.29, 1.82) is 0 Å². The highest BCUT2D eigenvalue weighted by Gasteiger charge is 2.20. The molecule has 3 amide bonds. The van der Waals surface area contributed by atoms with Gasteiger partial charge >= 0.3 is 18.0 Å². The number of nitrogens with two attached hydrogens (primary N) is 1. The van der Waals surface area contributed by atoms with Gasteiger partial charge in [-0.1, -0.05) is 0 Å². The van der Waals surface area contributed by atoms with Crippen molar-refractivity contribution in [3.05, 3.63) is 0 Å². The Morgan fingerprint density at radius 3 is 2.17 bits per heavy atom. The summed E-state index contributed by atoms with van der Waals surface area (Å²) in [6.45, 7) is -0.0214. The summed E-state index contributed by atoms with van der Waals surface area (Å²) in [6.07, 6.45) is -0.674. The number of aliphatic carboxylic acids is 2. The zero-order valence-corrected chi connectivity index (χ0v) is 9.51. The molecule has 0 saturated heterocycles. The van der Waals surface area contributed by atoms with Crippen LogP contribution in [-0.4, -0.2) is 46.7 Å². The van der Waals surface area contributed by atoms with Crippen LogP contribution in [0.25, 0.3) is 0 Å². The van der Waals surface area contributed by atoms with Crippen molar-refractivity contribution in [1.82, 2.24) is 10.6 Å². The SMILES string of the molecule is NC(=O)CCNC(=O)N[C@@H](CCC(=O)O)C(=O)O. The number of urea groups is 1. The fourth-order valence-electron chi connectivity index (χ4n) is 1.03. The fourth-order valence-corrected chi connectivity index (χ4v) is 1.03. The third-order valence-corrected chi connectivity index (χ3v) is 1.91. The van der Waals surface area contributed by atoms with Crippen molar-refractivity contribution in [2.24, 2.45) is 5.73 Å². The Hall–Kier alpha value is -2.32. The molecule has 6 N–H and O–H groups in total. The van der Waals surface area contributed by atoms with Gasteiger partial charge in [0.05, 0.1) is 0 Å². The number of hydrogen-bond donors (Lipinski definition) is 5. The van der Waals surface area contributed by atoms with Gasteiger partial charge in [-0.3, -0.25) is 9.59 Å². The second kappa shape index (κ2) is 7.87. The molecule has 0 radical (unpaired) electrons. The van der Waals surface area contributed by atoms with Crippen molar-refractivity contribution in [2.45, 2.75) is 25.3 Å². The predicted octanol–water partition coefficient (Wildman–Crippen LogP) is -1.52. The Balaban J connectivity index is 4.07. The van der Waals surface area contributed by atoms with Gasteiger partial charge in [-0.05, 0) is 6.42 Å². The maximum absolute atomic E-state index is 11.2. The third kappa shape index (κ3) is 7.91. The van der Waals surface area contributed by atoms with E-state index in [4.69, 9.17) is 15.9 Å². The van der Waals surface area contributed by atoms with Gasteiger partial charge in [-0.2, -0.15) is 0 Å². The minimum Gasteiger partial charge on any atom is -0.481 e. The first-order valence-corrected chi connectivity index (χ1v) is 5.10. The van der Waals surface area contributed by atoms with Crippen molar-refractivity contribution >= 4 is 23.9 Å². The Morgan fingerprint density at radius 2 is 1.72 bits per heavy atom. The average Bonchev–Trinajstić information content (AvgIpc) is 2.22. The summed E-state index contributed by atoms with van der Waals surface area (Å²) in [6, 6.07) is -2.09. The Labute approximate surface area is 102 Å². The number of primary amides is 1. The van der Waals surface area contributed by atoms with Gasteiger partial charge in [0.1, 0.15) is 6.04 Å². The number of nitrogens with one attached hydrogen (secondary N) is 2. The number of carboxylic acid groups (broad SMARTS) is 2. The lowest BCUT2D eigenvalue weighted by Gasteiger charge is -2.13. The van der Waals surface area contributed by atoms with E-state index in [1.54, 1.807) is 0 Å². The van der Waals surface area contributed by atoms with Crippen LogP contribution < -0.4 is 16.4 Å². The number of carbonyl (C=O) groups is 4. The van der Waals surface area contributed by atoms with Gasteiger partial charge in [0.25, 0.3) is 0 Å². The Kier molecular flexibility index (Phi) is 6.86. The van der Waals surface area contributed by atoms with E-state index in [0.29, 0.717) is 0 Å². The molecule has 0 aliphatic carbocycles. The second-order valence-electron chi connectivity index (χ2n) is 3.44. The summed E-state index contributed by atoms with van der Waals surface area (Å²) in [4.78, 5) is 42.6. The first-order valence-electron chi connectivity index (χ1n) is 5.10. The number of carbonyl (C=O) groups excluding carboxylic acids is 2. The molecular formula is C9H15N3O6. The molecule has 0 unspecified atom stereocenters. The number of rotatable bonds is 8. The molecule has 18 heavy (non-hydrogen) atoms. The molecule has 0 spiro atoms. The minimum absolute atomic E-state index is 0.0214. The summed E-state index contributed by atoms with van der Waals surface area (Å²) in [7, 11) is 0. The van der Waals surface area contributed by atoms with Gasteiger partial charge < -0.3 is 26.6 Å². The number of amides is 3. The first kappa shape index (κ1) is 15.7. The molecule has 9 heteroatoms. The van der Waals surface area contributed by atoms with E-state index in [1.807, 2.05) is 0 Å². The fraction of sp³-hybridized carbons (Fsp3) is 0.556. The van der Waals surface area contributed by atoms with E-state index < -0.39 is 29.9 Å². The zero-order valence-electron chi connectivity index (χ0n) is 9.51. The molecule has 9 nitrogen and oxygen atoms in total. The van der Waals surface area contributed by atoms with Gasteiger partial charge in [0, 0.05) is 19.4 Å². The largest absolute Gasteiger partial charge is 0.481 e. The van der Waals surface area contributed by atoms with Crippen LogP contribution in [0, 0.1) is 0 Å². The van der Waals surface area contributed by atoms with E-state index in [-0.39, 0.29) is 25.8 Å². The van der Waals surface area contributed by atoms with E-state index in [1.165, 1.54) is 0 Å². The van der Waals surface area contributed by atoms with Crippen LogP contribution in [0.4, 0.5) is 4.79 Å². The van der Waals surface area contributed by atoms with Gasteiger partial charge in [0.2, 0.25) is 5.91 Å². The quantitative estimate of drug-likeness (QED) is 0.356. The molecule has 0 fully saturated rings. The lowest BCUT2D eigenvalue weighted by atomic mass is 10.1. The molecule has 0 aliphatic heterocycles. The molecule has 0 rings (SSSR count). The number of carboxylic acids is 2. The monoisotopic (exact) mass is 261 g/mol. The van der Waals surface area contributed by atoms with Gasteiger partial charge in [-0.25, -0.2) is 9.59 Å². The maximum Gasteiger partial charge on any atom is 0.326 e. The molecule has 0 aromatic carbocycles. The van der Waals surface area contributed by atoms with Crippen LogP contribution in [-0.2, 0) is 14.4 Å². The smallest absolute Gasteiger partial charge is 0.326 e. The molecule has 0 aromatic heterocycles. The lowest BCUT2D eigenvalue weighted by Crippen LogP contribution is -2.46. The van der Waals surface area contributed by atoms with Crippen molar-refractivity contribution in [3.8, 4) is 0 Å². The molecular weight excluding hydrogens is 246 g/mol. The highest BCUT2D eigenvalue weighted by Crippen LogP contribution is 1.97. The van der Waals surface area contributed by atoms with Gasteiger partial charge in [0.15, 0.2) is 0 Å². The Morgan fingerprint density at radius 1 is 1.11 bits per heavy atom. The normalized spacial score (nSPS) is 11.3. The summed E-state index contributed by atoms with van der Waals surface area (Å²) < 4.78 is 0. The van der Waals surface area contributed by atoms with Crippen LogP contribution in [0.1, 0.15) is 19.3 Å². The minimum atomic E-state index is -1.33. The van der Waals surface area contributed by atoms with Crippen molar-refractivity contribution in [3.63, 3.8) is 0 Å². The van der Waals surface area contributed by atoms with E-state index in [0.717, 1.165) is 0 Å². The van der Waals surface area contributed by atoms with Crippen molar-refractivity contribution in [2.75, 3.05) is 6.54 Å². The predicted molar refractivity (Wildman–Crippen MR) is 58.6 cm³/mol. The highest BCUT2D eigenvalue weighted by atomic mass is 16.4. The van der Waals surface area contributed by atoms with Crippen LogP contribution in [0.5, 0.6) is 0 Å². The molecule has 1 atom stereocenters. The van der Waals surface area contributed by atoms with Crippen LogP contribution in [0.2, 0.25) is 0 Å². The summed E-state index contributed by atoms with van der Waals surface area (Å²) in [5, 5.41) is 21.5. The van der Waals surface area contributed by atoms with E-state index in [2.05, 4.69) is 10.6 Å².